The molecule has 0 radical (unpaired) electrons. The van der Waals surface area contributed by atoms with E-state index in [2.05, 4.69) is 11.8 Å². The van der Waals surface area contributed by atoms with Gasteiger partial charge in [-0.1, -0.05) is 48.3 Å². The summed E-state index contributed by atoms with van der Waals surface area (Å²) in [6, 6.07) is 15.5. The number of fused-ring (bicyclic) bond motifs is 1. The first-order valence-corrected chi connectivity index (χ1v) is 6.89. The molecule has 0 amide bonds. The van der Waals surface area contributed by atoms with Crippen molar-refractivity contribution in [1.82, 2.24) is 0 Å². The van der Waals surface area contributed by atoms with Gasteiger partial charge in [-0.05, 0) is 35.4 Å². The van der Waals surface area contributed by atoms with E-state index >= 15 is 0 Å². The van der Waals surface area contributed by atoms with Gasteiger partial charge >= 0.3 is 0 Å². The van der Waals surface area contributed by atoms with Crippen LogP contribution < -0.4 is 4.74 Å². The van der Waals surface area contributed by atoms with Crippen LogP contribution >= 0.6 is 0 Å². The summed E-state index contributed by atoms with van der Waals surface area (Å²) in [5, 5.41) is 10.4. The van der Waals surface area contributed by atoms with Crippen molar-refractivity contribution >= 4 is 6.08 Å². The van der Waals surface area contributed by atoms with Gasteiger partial charge in [0.05, 0.1) is 19.1 Å². The highest BCUT2D eigenvalue weighted by molar-refractivity contribution is 5.59. The van der Waals surface area contributed by atoms with E-state index in [9.17, 15) is 5.11 Å². The standard InChI is InChI=1S/C19H16O2/c1-21-17-12-7-14(8-13-17)6-9-16-11-10-15-4-2-3-5-18(15)19(16)20/h2-5,7-8,10-13,16,19-20H,1H3/t16-,19-/m0/s1. The second kappa shape index (κ2) is 5.87. The van der Waals surface area contributed by atoms with Crippen LogP contribution in [-0.2, 0) is 0 Å². The van der Waals surface area contributed by atoms with E-state index in [0.29, 0.717) is 0 Å². The number of methoxy groups -OCH3 is 1. The van der Waals surface area contributed by atoms with E-state index in [-0.39, 0.29) is 5.92 Å². The van der Waals surface area contributed by atoms with E-state index in [1.807, 2.05) is 60.7 Å². The summed E-state index contributed by atoms with van der Waals surface area (Å²) >= 11 is 0. The molecule has 2 aromatic rings. The van der Waals surface area contributed by atoms with Crippen LogP contribution in [0.5, 0.6) is 5.75 Å². The molecule has 104 valence electrons. The van der Waals surface area contributed by atoms with Gasteiger partial charge in [-0.2, -0.15) is 0 Å². The summed E-state index contributed by atoms with van der Waals surface area (Å²) in [5.41, 5.74) is 2.91. The molecule has 0 unspecified atom stereocenters. The number of aliphatic hydroxyl groups excluding tert-OH is 1. The van der Waals surface area contributed by atoms with Crippen molar-refractivity contribution in [2.24, 2.45) is 5.92 Å². The number of rotatable bonds is 1. The Hall–Kier alpha value is -2.50. The molecule has 1 N–H and O–H groups in total. The fraction of sp³-hybridized carbons (Fsp3) is 0.158. The molecule has 21 heavy (non-hydrogen) atoms. The maximum atomic E-state index is 10.4. The Labute approximate surface area is 124 Å². The van der Waals surface area contributed by atoms with E-state index in [0.717, 1.165) is 22.4 Å². The molecule has 2 nitrogen and oxygen atoms in total. The second-order valence-electron chi connectivity index (χ2n) is 4.96. The van der Waals surface area contributed by atoms with E-state index in [4.69, 9.17) is 4.74 Å². The summed E-state index contributed by atoms with van der Waals surface area (Å²) < 4.78 is 5.12. The SMILES string of the molecule is COc1ccc(C#C[C@H]2C=Cc3ccccc3[C@H]2O)cc1. The lowest BCUT2D eigenvalue weighted by atomic mass is 9.87. The third kappa shape index (κ3) is 2.84. The minimum Gasteiger partial charge on any atom is -0.497 e. The van der Waals surface area contributed by atoms with Crippen molar-refractivity contribution in [3.63, 3.8) is 0 Å². The van der Waals surface area contributed by atoms with Crippen LogP contribution in [0.1, 0.15) is 22.8 Å². The number of hydrogen-bond acceptors (Lipinski definition) is 2. The van der Waals surface area contributed by atoms with Crippen molar-refractivity contribution in [3.8, 4) is 17.6 Å². The first kappa shape index (κ1) is 13.5. The number of ether oxygens (including phenoxy) is 1. The van der Waals surface area contributed by atoms with Crippen molar-refractivity contribution in [3.05, 3.63) is 71.3 Å². The molecule has 2 atom stereocenters. The Kier molecular flexibility index (Phi) is 3.77. The van der Waals surface area contributed by atoms with Crippen molar-refractivity contribution in [2.45, 2.75) is 6.10 Å². The average Bonchev–Trinajstić information content (AvgIpc) is 2.55. The molecule has 1 aliphatic rings. The zero-order valence-electron chi connectivity index (χ0n) is 11.8. The summed E-state index contributed by atoms with van der Waals surface area (Å²) in [6.07, 6.45) is 3.41. The van der Waals surface area contributed by atoms with Gasteiger partial charge in [-0.3, -0.25) is 0 Å². The van der Waals surface area contributed by atoms with Gasteiger partial charge in [0.25, 0.3) is 0 Å². The molecule has 2 aromatic carbocycles. The highest BCUT2D eigenvalue weighted by Gasteiger charge is 2.22. The van der Waals surface area contributed by atoms with E-state index in [1.165, 1.54) is 0 Å². The predicted molar refractivity (Wildman–Crippen MR) is 83.8 cm³/mol. The number of hydrogen-bond donors (Lipinski definition) is 1. The molecular weight excluding hydrogens is 260 g/mol. The first-order chi connectivity index (χ1) is 10.3. The van der Waals surface area contributed by atoms with Crippen LogP contribution in [0.15, 0.2) is 54.6 Å². The molecule has 0 aromatic heterocycles. The van der Waals surface area contributed by atoms with E-state index in [1.54, 1.807) is 7.11 Å². The summed E-state index contributed by atoms with van der Waals surface area (Å²) in [6.45, 7) is 0. The molecule has 0 heterocycles. The number of aliphatic hydroxyl groups is 1. The molecular formula is C19H16O2. The van der Waals surface area contributed by atoms with Crippen molar-refractivity contribution < 1.29 is 9.84 Å². The van der Waals surface area contributed by atoms with Crippen LogP contribution in [0.2, 0.25) is 0 Å². The molecule has 3 rings (SSSR count). The Balaban J connectivity index is 1.82. The Bertz CT molecular complexity index is 717. The largest absolute Gasteiger partial charge is 0.497 e. The van der Waals surface area contributed by atoms with Crippen LogP contribution in [-0.4, -0.2) is 12.2 Å². The predicted octanol–water partition coefficient (Wildman–Crippen LogP) is 3.42. The topological polar surface area (TPSA) is 29.5 Å². The van der Waals surface area contributed by atoms with Gasteiger partial charge in [0.15, 0.2) is 0 Å². The lowest BCUT2D eigenvalue weighted by Gasteiger charge is -2.21. The summed E-state index contributed by atoms with van der Waals surface area (Å²) in [7, 11) is 1.64. The molecule has 0 saturated carbocycles. The van der Waals surface area contributed by atoms with Gasteiger partial charge in [0, 0.05) is 5.56 Å². The van der Waals surface area contributed by atoms with Crippen LogP contribution in [0, 0.1) is 17.8 Å². The Morgan fingerprint density at radius 2 is 1.81 bits per heavy atom. The maximum absolute atomic E-state index is 10.4. The monoisotopic (exact) mass is 276 g/mol. The lowest BCUT2D eigenvalue weighted by molar-refractivity contribution is 0.153. The third-order valence-electron chi connectivity index (χ3n) is 3.61. The quantitative estimate of drug-likeness (QED) is 0.809. The van der Waals surface area contributed by atoms with Crippen LogP contribution in [0.25, 0.3) is 6.08 Å². The molecule has 0 saturated heterocycles. The molecule has 2 heteroatoms. The van der Waals surface area contributed by atoms with Gasteiger partial charge < -0.3 is 9.84 Å². The van der Waals surface area contributed by atoms with Crippen LogP contribution in [0.3, 0.4) is 0 Å². The molecule has 0 spiro atoms. The fourth-order valence-corrected chi connectivity index (χ4v) is 2.41. The summed E-state index contributed by atoms with van der Waals surface area (Å²) in [4.78, 5) is 0. The molecule has 0 aliphatic heterocycles. The first-order valence-electron chi connectivity index (χ1n) is 6.89. The Morgan fingerprint density at radius 1 is 1.05 bits per heavy atom. The van der Waals surface area contributed by atoms with Crippen molar-refractivity contribution in [2.75, 3.05) is 7.11 Å². The fourth-order valence-electron chi connectivity index (χ4n) is 2.41. The second-order valence-corrected chi connectivity index (χ2v) is 4.96. The summed E-state index contributed by atoms with van der Waals surface area (Å²) in [5.74, 6) is 6.88. The van der Waals surface area contributed by atoms with Crippen molar-refractivity contribution in [1.29, 1.82) is 0 Å². The third-order valence-corrected chi connectivity index (χ3v) is 3.61. The average molecular weight is 276 g/mol. The normalized spacial score (nSPS) is 19.3. The molecule has 1 aliphatic carbocycles. The van der Waals surface area contributed by atoms with Gasteiger partial charge in [-0.25, -0.2) is 0 Å². The Morgan fingerprint density at radius 3 is 2.57 bits per heavy atom. The maximum Gasteiger partial charge on any atom is 0.118 e. The molecule has 0 fully saturated rings. The van der Waals surface area contributed by atoms with E-state index < -0.39 is 6.10 Å². The number of benzene rings is 2. The van der Waals surface area contributed by atoms with Crippen LogP contribution in [0.4, 0.5) is 0 Å². The zero-order chi connectivity index (χ0) is 14.7. The molecule has 0 bridgehead atoms. The lowest BCUT2D eigenvalue weighted by Crippen LogP contribution is -2.13. The minimum absolute atomic E-state index is 0.179. The highest BCUT2D eigenvalue weighted by atomic mass is 16.5. The van der Waals surface area contributed by atoms with Gasteiger partial charge in [-0.15, -0.1) is 0 Å². The zero-order valence-corrected chi connectivity index (χ0v) is 11.8. The highest BCUT2D eigenvalue weighted by Crippen LogP contribution is 2.31. The minimum atomic E-state index is -0.572. The van der Waals surface area contributed by atoms with Gasteiger partial charge in [0.1, 0.15) is 5.75 Å². The van der Waals surface area contributed by atoms with Gasteiger partial charge in [0.2, 0.25) is 0 Å². The smallest absolute Gasteiger partial charge is 0.118 e.